The number of nitrogens with zero attached hydrogens (tertiary/aromatic N) is 2. The van der Waals surface area contributed by atoms with E-state index in [2.05, 4.69) is 31.4 Å². The molecule has 0 saturated heterocycles. The summed E-state index contributed by atoms with van der Waals surface area (Å²) in [6.07, 6.45) is 0. The Morgan fingerprint density at radius 1 is 1.38 bits per heavy atom. The molecule has 1 heterocycles. The van der Waals surface area contributed by atoms with Gasteiger partial charge >= 0.3 is 0 Å². The van der Waals surface area contributed by atoms with Crippen LogP contribution in [0.15, 0.2) is 34.8 Å². The lowest BCUT2D eigenvalue weighted by molar-refractivity contribution is 0.0791. The van der Waals surface area contributed by atoms with E-state index in [-0.39, 0.29) is 18.3 Å². The van der Waals surface area contributed by atoms with E-state index < -0.39 is 0 Å². The normalized spacial score (nSPS) is 10.0. The maximum Gasteiger partial charge on any atom is 0.271 e. The average molecular weight is 374 g/mol. The van der Waals surface area contributed by atoms with Crippen molar-refractivity contribution in [2.24, 2.45) is 0 Å². The van der Waals surface area contributed by atoms with E-state index in [0.717, 1.165) is 22.3 Å². The largest absolute Gasteiger partial charge is 0.339 e. The second-order valence-electron chi connectivity index (χ2n) is 4.50. The second-order valence-corrected chi connectivity index (χ2v) is 5.42. The van der Waals surface area contributed by atoms with Crippen molar-refractivity contribution < 1.29 is 4.79 Å². The van der Waals surface area contributed by atoms with Crippen molar-refractivity contribution in [3.63, 3.8) is 0 Å². The van der Waals surface area contributed by atoms with E-state index >= 15 is 0 Å². The quantitative estimate of drug-likeness (QED) is 0.847. The number of nitrogens with one attached hydrogen (secondary N) is 2. The summed E-state index contributed by atoms with van der Waals surface area (Å²) in [7, 11) is 3.64. The molecule has 0 aliphatic rings. The lowest BCUT2D eigenvalue weighted by atomic mass is 10.1. The molecule has 0 aliphatic heterocycles. The molecule has 0 unspecified atom stereocenters. The first kappa shape index (κ1) is 17.7. The van der Waals surface area contributed by atoms with Gasteiger partial charge in [-0.05, 0) is 25.2 Å². The summed E-state index contributed by atoms with van der Waals surface area (Å²) in [5.41, 5.74) is 2.24. The highest BCUT2D eigenvalue weighted by molar-refractivity contribution is 9.10. The molecule has 1 amide bonds. The summed E-state index contributed by atoms with van der Waals surface area (Å²) in [5, 5.41) is 10.0. The van der Waals surface area contributed by atoms with Gasteiger partial charge in [0.15, 0.2) is 0 Å². The number of likely N-dealkylation sites (N-methyl/N-ethyl adjacent to an activating group) is 2. The fraction of sp³-hybridized carbons (Fsp3) is 0.286. The molecule has 0 radical (unpaired) electrons. The van der Waals surface area contributed by atoms with Gasteiger partial charge in [0.25, 0.3) is 5.91 Å². The molecule has 0 aliphatic carbocycles. The Bertz CT molecular complexity index is 585. The molecule has 2 N–H and O–H groups in total. The van der Waals surface area contributed by atoms with Gasteiger partial charge in [0.1, 0.15) is 5.69 Å². The molecule has 1 aromatic heterocycles. The van der Waals surface area contributed by atoms with E-state index in [0.29, 0.717) is 12.2 Å². The smallest absolute Gasteiger partial charge is 0.271 e. The molecule has 1 aromatic carbocycles. The van der Waals surface area contributed by atoms with Gasteiger partial charge in [0.05, 0.1) is 5.69 Å². The zero-order valence-corrected chi connectivity index (χ0v) is 14.3. The molecular weight excluding hydrogens is 356 g/mol. The predicted octanol–water partition coefficient (Wildman–Crippen LogP) is 2.55. The minimum absolute atomic E-state index is 0. The molecule has 0 bridgehead atoms. The third-order valence-corrected chi connectivity index (χ3v) is 3.52. The number of hydrogen-bond donors (Lipinski definition) is 2. The Kier molecular flexibility index (Phi) is 6.87. The van der Waals surface area contributed by atoms with Crippen molar-refractivity contribution in [1.29, 1.82) is 0 Å². The number of aromatic nitrogens is 2. The lowest BCUT2D eigenvalue weighted by Gasteiger charge is -2.15. The average Bonchev–Trinajstić information content (AvgIpc) is 2.94. The Hall–Kier alpha value is -1.37. The van der Waals surface area contributed by atoms with E-state index in [1.54, 1.807) is 18.0 Å². The molecule has 2 rings (SSSR count). The minimum Gasteiger partial charge on any atom is -0.339 e. The van der Waals surface area contributed by atoms with Crippen molar-refractivity contribution in [3.8, 4) is 11.3 Å². The van der Waals surface area contributed by atoms with Crippen LogP contribution in [0.4, 0.5) is 0 Å². The summed E-state index contributed by atoms with van der Waals surface area (Å²) in [6.45, 7) is 1.41. The van der Waals surface area contributed by atoms with Crippen LogP contribution >= 0.6 is 28.3 Å². The molecule has 114 valence electrons. The van der Waals surface area contributed by atoms with E-state index in [4.69, 9.17) is 0 Å². The summed E-state index contributed by atoms with van der Waals surface area (Å²) in [6, 6.07) is 9.59. The molecule has 0 atom stereocenters. The number of carbonyl (C=O) groups excluding carboxylic acids is 1. The number of hydrogen-bond acceptors (Lipinski definition) is 3. The standard InChI is InChI=1S/C14H17BrN4O.ClH/c1-16-7-8-19(2)14(20)13-9-12(17-18-13)10-3-5-11(15)6-4-10;/h3-6,9,16H,7-8H2,1-2H3,(H,17,18);1H. The van der Waals surface area contributed by atoms with Crippen molar-refractivity contribution in [2.45, 2.75) is 0 Å². The number of halogens is 2. The SMILES string of the molecule is CNCCN(C)C(=O)c1cc(-c2ccc(Br)cc2)n[nH]1.Cl. The van der Waals surface area contributed by atoms with Crippen LogP contribution in [0.25, 0.3) is 11.3 Å². The van der Waals surface area contributed by atoms with Crippen molar-refractivity contribution in [1.82, 2.24) is 20.4 Å². The van der Waals surface area contributed by atoms with Crippen LogP contribution in [-0.2, 0) is 0 Å². The van der Waals surface area contributed by atoms with Crippen LogP contribution in [0.5, 0.6) is 0 Å². The van der Waals surface area contributed by atoms with Gasteiger partial charge in [-0.2, -0.15) is 5.10 Å². The van der Waals surface area contributed by atoms with Crippen molar-refractivity contribution in [3.05, 3.63) is 40.5 Å². The van der Waals surface area contributed by atoms with Crippen LogP contribution in [0, 0.1) is 0 Å². The monoisotopic (exact) mass is 372 g/mol. The fourth-order valence-corrected chi connectivity index (χ4v) is 2.05. The molecule has 0 spiro atoms. The maximum atomic E-state index is 12.2. The van der Waals surface area contributed by atoms with E-state index in [1.807, 2.05) is 31.3 Å². The predicted molar refractivity (Wildman–Crippen MR) is 89.9 cm³/mol. The highest BCUT2D eigenvalue weighted by Crippen LogP contribution is 2.20. The van der Waals surface area contributed by atoms with Gasteiger partial charge in [-0.15, -0.1) is 12.4 Å². The molecule has 0 fully saturated rings. The van der Waals surface area contributed by atoms with Crippen molar-refractivity contribution in [2.75, 3.05) is 27.2 Å². The Morgan fingerprint density at radius 3 is 2.67 bits per heavy atom. The molecular formula is C14H18BrClN4O. The summed E-state index contributed by atoms with van der Waals surface area (Å²) in [4.78, 5) is 13.8. The van der Waals surface area contributed by atoms with Gasteiger partial charge in [0.2, 0.25) is 0 Å². The first-order valence-corrected chi connectivity index (χ1v) is 7.12. The molecule has 21 heavy (non-hydrogen) atoms. The van der Waals surface area contributed by atoms with Gasteiger partial charge in [-0.1, -0.05) is 28.1 Å². The zero-order valence-electron chi connectivity index (χ0n) is 11.9. The third-order valence-electron chi connectivity index (χ3n) is 2.99. The van der Waals surface area contributed by atoms with Gasteiger partial charge in [0, 0.05) is 30.2 Å². The molecule has 2 aromatic rings. The number of rotatable bonds is 5. The second kappa shape index (κ2) is 8.17. The number of amides is 1. The molecule has 5 nitrogen and oxygen atoms in total. The zero-order chi connectivity index (χ0) is 14.5. The highest BCUT2D eigenvalue weighted by atomic mass is 79.9. The number of aromatic amines is 1. The van der Waals surface area contributed by atoms with Gasteiger partial charge < -0.3 is 10.2 Å². The summed E-state index contributed by atoms with van der Waals surface area (Å²) < 4.78 is 1.01. The third kappa shape index (κ3) is 4.56. The minimum atomic E-state index is -0.0592. The van der Waals surface area contributed by atoms with Gasteiger partial charge in [-0.25, -0.2) is 0 Å². The lowest BCUT2D eigenvalue weighted by Crippen LogP contribution is -2.32. The Morgan fingerprint density at radius 2 is 2.05 bits per heavy atom. The topological polar surface area (TPSA) is 61.0 Å². The van der Waals surface area contributed by atoms with Crippen LogP contribution in [-0.4, -0.2) is 48.2 Å². The van der Waals surface area contributed by atoms with Crippen LogP contribution in [0.1, 0.15) is 10.5 Å². The first-order valence-electron chi connectivity index (χ1n) is 6.33. The first-order chi connectivity index (χ1) is 9.61. The number of benzene rings is 1. The summed E-state index contributed by atoms with van der Waals surface area (Å²) >= 11 is 3.39. The van der Waals surface area contributed by atoms with Gasteiger partial charge in [-0.3, -0.25) is 9.89 Å². The maximum absolute atomic E-state index is 12.2. The molecule has 7 heteroatoms. The van der Waals surface area contributed by atoms with Crippen LogP contribution < -0.4 is 5.32 Å². The number of carbonyl (C=O) groups is 1. The Labute approximate surface area is 138 Å². The summed E-state index contributed by atoms with van der Waals surface area (Å²) in [5.74, 6) is -0.0592. The fourth-order valence-electron chi connectivity index (χ4n) is 1.79. The van der Waals surface area contributed by atoms with E-state index in [9.17, 15) is 4.79 Å². The van der Waals surface area contributed by atoms with E-state index in [1.165, 1.54) is 0 Å². The van der Waals surface area contributed by atoms with Crippen LogP contribution in [0.3, 0.4) is 0 Å². The van der Waals surface area contributed by atoms with Crippen molar-refractivity contribution >= 4 is 34.2 Å². The van der Waals surface area contributed by atoms with Crippen LogP contribution in [0.2, 0.25) is 0 Å². The highest BCUT2D eigenvalue weighted by Gasteiger charge is 2.14. The Balaban J connectivity index is 0.00000220. The molecule has 0 saturated carbocycles. The number of H-pyrrole nitrogens is 1.